The van der Waals surface area contributed by atoms with Crippen molar-refractivity contribution in [2.24, 2.45) is 0 Å². The van der Waals surface area contributed by atoms with Crippen LogP contribution >= 0.6 is 0 Å². The van der Waals surface area contributed by atoms with E-state index in [1.165, 1.54) is 0 Å². The summed E-state index contributed by atoms with van der Waals surface area (Å²) < 4.78 is 11.2. The first-order chi connectivity index (χ1) is 13.4. The molecule has 2 aromatic carbocycles. The van der Waals surface area contributed by atoms with Crippen LogP contribution < -0.4 is 14.8 Å². The monoisotopic (exact) mass is 383 g/mol. The SMILES string of the molecule is CCOc1cc(C=O)ccc1OCC(=O)Nc1c(C(C)C)cccc1C(C)C. The first-order valence-corrected chi connectivity index (χ1v) is 9.64. The second-order valence-electron chi connectivity index (χ2n) is 7.21. The molecular weight excluding hydrogens is 354 g/mol. The van der Waals surface area contributed by atoms with Crippen molar-refractivity contribution in [3.8, 4) is 11.5 Å². The molecule has 0 aliphatic heterocycles. The summed E-state index contributed by atoms with van der Waals surface area (Å²) in [7, 11) is 0. The number of hydrogen-bond acceptors (Lipinski definition) is 4. The number of hydrogen-bond donors (Lipinski definition) is 1. The van der Waals surface area contributed by atoms with E-state index in [1.807, 2.05) is 25.1 Å². The lowest BCUT2D eigenvalue weighted by Crippen LogP contribution is -2.22. The van der Waals surface area contributed by atoms with Gasteiger partial charge in [0.25, 0.3) is 5.91 Å². The average molecular weight is 383 g/mol. The molecule has 0 fully saturated rings. The Bertz CT molecular complexity index is 801. The lowest BCUT2D eigenvalue weighted by atomic mass is 9.92. The predicted octanol–water partition coefficient (Wildman–Crippen LogP) is 5.16. The number of para-hydroxylation sites is 1. The van der Waals surface area contributed by atoms with Crippen molar-refractivity contribution in [1.29, 1.82) is 0 Å². The molecule has 0 radical (unpaired) electrons. The van der Waals surface area contributed by atoms with Crippen molar-refractivity contribution in [3.63, 3.8) is 0 Å². The van der Waals surface area contributed by atoms with Gasteiger partial charge in [-0.15, -0.1) is 0 Å². The van der Waals surface area contributed by atoms with E-state index >= 15 is 0 Å². The van der Waals surface area contributed by atoms with E-state index in [1.54, 1.807) is 18.2 Å². The summed E-state index contributed by atoms with van der Waals surface area (Å²) in [6, 6.07) is 11.0. The number of aldehydes is 1. The van der Waals surface area contributed by atoms with Gasteiger partial charge in [-0.3, -0.25) is 9.59 Å². The van der Waals surface area contributed by atoms with Crippen LogP contribution in [0.3, 0.4) is 0 Å². The Balaban J connectivity index is 2.17. The Labute approximate surface area is 167 Å². The molecule has 0 atom stereocenters. The van der Waals surface area contributed by atoms with Crippen LogP contribution in [-0.2, 0) is 4.79 Å². The lowest BCUT2D eigenvalue weighted by molar-refractivity contribution is -0.118. The highest BCUT2D eigenvalue weighted by atomic mass is 16.5. The number of benzene rings is 2. The van der Waals surface area contributed by atoms with Crippen molar-refractivity contribution < 1.29 is 19.1 Å². The van der Waals surface area contributed by atoms with E-state index in [2.05, 4.69) is 33.0 Å². The standard InChI is InChI=1S/C23H29NO4/c1-6-27-21-12-17(13-25)10-11-20(21)28-14-22(26)24-23-18(15(2)3)8-7-9-19(23)16(4)5/h7-13,15-16H,6,14H2,1-5H3,(H,24,26). The molecule has 150 valence electrons. The van der Waals surface area contributed by atoms with Crippen LogP contribution in [0.2, 0.25) is 0 Å². The molecule has 2 rings (SSSR count). The van der Waals surface area contributed by atoms with Crippen LogP contribution in [0.4, 0.5) is 5.69 Å². The maximum Gasteiger partial charge on any atom is 0.262 e. The zero-order chi connectivity index (χ0) is 20.7. The summed E-state index contributed by atoms with van der Waals surface area (Å²) in [6.07, 6.45) is 0.745. The van der Waals surface area contributed by atoms with E-state index in [4.69, 9.17) is 9.47 Å². The van der Waals surface area contributed by atoms with Gasteiger partial charge in [-0.1, -0.05) is 45.9 Å². The maximum absolute atomic E-state index is 12.6. The molecule has 1 amide bonds. The van der Waals surface area contributed by atoms with Gasteiger partial charge >= 0.3 is 0 Å². The van der Waals surface area contributed by atoms with Crippen molar-refractivity contribution in [2.45, 2.75) is 46.5 Å². The van der Waals surface area contributed by atoms with Crippen molar-refractivity contribution >= 4 is 17.9 Å². The molecular formula is C23H29NO4. The van der Waals surface area contributed by atoms with Crippen LogP contribution in [0, 0.1) is 0 Å². The van der Waals surface area contributed by atoms with Gasteiger partial charge < -0.3 is 14.8 Å². The van der Waals surface area contributed by atoms with E-state index < -0.39 is 0 Å². The molecule has 0 saturated heterocycles. The fourth-order valence-corrected chi connectivity index (χ4v) is 3.00. The number of carbonyl (C=O) groups excluding carboxylic acids is 2. The first kappa shape index (κ1) is 21.5. The molecule has 0 aliphatic rings. The average Bonchev–Trinajstić information content (AvgIpc) is 2.66. The predicted molar refractivity (Wildman–Crippen MR) is 112 cm³/mol. The van der Waals surface area contributed by atoms with Crippen molar-refractivity contribution in [1.82, 2.24) is 0 Å². The molecule has 28 heavy (non-hydrogen) atoms. The highest BCUT2D eigenvalue weighted by Gasteiger charge is 2.17. The zero-order valence-corrected chi connectivity index (χ0v) is 17.2. The molecule has 2 aromatic rings. The second-order valence-corrected chi connectivity index (χ2v) is 7.21. The quantitative estimate of drug-likeness (QED) is 0.607. The van der Waals surface area contributed by atoms with Gasteiger partial charge in [0, 0.05) is 11.3 Å². The molecule has 1 N–H and O–H groups in total. The summed E-state index contributed by atoms with van der Waals surface area (Å²) in [4.78, 5) is 23.6. The smallest absolute Gasteiger partial charge is 0.262 e. The summed E-state index contributed by atoms with van der Waals surface area (Å²) in [5, 5.41) is 3.03. The molecule has 5 heteroatoms. The number of carbonyl (C=O) groups is 2. The van der Waals surface area contributed by atoms with Gasteiger partial charge in [0.1, 0.15) is 6.29 Å². The van der Waals surface area contributed by atoms with Crippen LogP contribution in [0.1, 0.15) is 67.9 Å². The fourth-order valence-electron chi connectivity index (χ4n) is 3.00. The topological polar surface area (TPSA) is 64.6 Å². The highest BCUT2D eigenvalue weighted by Crippen LogP contribution is 2.32. The van der Waals surface area contributed by atoms with Crippen LogP contribution in [-0.4, -0.2) is 25.4 Å². The normalized spacial score (nSPS) is 10.8. The van der Waals surface area contributed by atoms with Crippen molar-refractivity contribution in [2.75, 3.05) is 18.5 Å². The number of anilines is 1. The summed E-state index contributed by atoms with van der Waals surface area (Å²) in [5.41, 5.74) is 3.56. The molecule has 0 bridgehead atoms. The zero-order valence-electron chi connectivity index (χ0n) is 17.2. The number of ether oxygens (including phenoxy) is 2. The Hall–Kier alpha value is -2.82. The van der Waals surface area contributed by atoms with Gasteiger partial charge in [-0.25, -0.2) is 0 Å². The minimum atomic E-state index is -0.239. The molecule has 0 saturated carbocycles. The van der Waals surface area contributed by atoms with Crippen LogP contribution in [0.25, 0.3) is 0 Å². The number of amides is 1. The van der Waals surface area contributed by atoms with Crippen molar-refractivity contribution in [3.05, 3.63) is 53.1 Å². The van der Waals surface area contributed by atoms with Gasteiger partial charge in [0.2, 0.25) is 0 Å². The Kier molecular flexibility index (Phi) is 7.61. The minimum Gasteiger partial charge on any atom is -0.490 e. The van der Waals surface area contributed by atoms with E-state index in [0.717, 1.165) is 23.1 Å². The third kappa shape index (κ3) is 5.35. The molecule has 0 heterocycles. The summed E-state index contributed by atoms with van der Waals surface area (Å²) >= 11 is 0. The van der Waals surface area contributed by atoms with Gasteiger partial charge in [-0.05, 0) is 48.1 Å². The number of rotatable bonds is 9. The Morgan fingerprint density at radius 1 is 1.00 bits per heavy atom. The first-order valence-electron chi connectivity index (χ1n) is 9.64. The van der Waals surface area contributed by atoms with Crippen LogP contribution in [0.15, 0.2) is 36.4 Å². The van der Waals surface area contributed by atoms with E-state index in [-0.39, 0.29) is 24.3 Å². The molecule has 0 aromatic heterocycles. The molecule has 0 unspecified atom stereocenters. The Morgan fingerprint density at radius 3 is 2.18 bits per heavy atom. The maximum atomic E-state index is 12.6. The third-order valence-corrected chi connectivity index (χ3v) is 4.40. The second kappa shape index (κ2) is 9.93. The Morgan fingerprint density at radius 2 is 1.64 bits per heavy atom. The summed E-state index contributed by atoms with van der Waals surface area (Å²) in [5.74, 6) is 1.22. The third-order valence-electron chi connectivity index (χ3n) is 4.40. The van der Waals surface area contributed by atoms with E-state index in [0.29, 0.717) is 23.7 Å². The number of nitrogens with one attached hydrogen (secondary N) is 1. The van der Waals surface area contributed by atoms with Gasteiger partial charge in [0.05, 0.1) is 6.61 Å². The molecule has 0 spiro atoms. The molecule has 0 aliphatic carbocycles. The van der Waals surface area contributed by atoms with Crippen LogP contribution in [0.5, 0.6) is 11.5 Å². The van der Waals surface area contributed by atoms with Gasteiger partial charge in [-0.2, -0.15) is 0 Å². The summed E-state index contributed by atoms with van der Waals surface area (Å²) in [6.45, 7) is 10.6. The fraction of sp³-hybridized carbons (Fsp3) is 0.391. The van der Waals surface area contributed by atoms with E-state index in [9.17, 15) is 9.59 Å². The lowest BCUT2D eigenvalue weighted by Gasteiger charge is -2.20. The van der Waals surface area contributed by atoms with Gasteiger partial charge in [0.15, 0.2) is 18.1 Å². The highest BCUT2D eigenvalue weighted by molar-refractivity contribution is 5.93. The molecule has 5 nitrogen and oxygen atoms in total. The largest absolute Gasteiger partial charge is 0.490 e. The minimum absolute atomic E-state index is 0.148.